The van der Waals surface area contributed by atoms with Gasteiger partial charge in [0, 0.05) is 49.9 Å². The number of pyridine rings is 1. The molecule has 1 saturated heterocycles. The standard InChI is InChI=1S/C15H25N3O/c1-11-5-6-18(10-15(11)19-4)14-7-12(2)17-9-13(14)8-16-3/h7,9,11,15-16H,5-6,8,10H2,1-4H3. The summed E-state index contributed by atoms with van der Waals surface area (Å²) < 4.78 is 5.61. The first-order valence-corrected chi connectivity index (χ1v) is 7.03. The van der Waals surface area contributed by atoms with E-state index in [4.69, 9.17) is 4.74 Å². The molecule has 0 saturated carbocycles. The molecule has 0 aromatic carbocycles. The summed E-state index contributed by atoms with van der Waals surface area (Å²) in [5.41, 5.74) is 3.63. The molecule has 0 radical (unpaired) electrons. The summed E-state index contributed by atoms with van der Waals surface area (Å²) in [4.78, 5) is 6.85. The molecule has 4 nitrogen and oxygen atoms in total. The van der Waals surface area contributed by atoms with Crippen LogP contribution in [-0.4, -0.2) is 38.3 Å². The zero-order chi connectivity index (χ0) is 13.8. The van der Waals surface area contributed by atoms with Crippen molar-refractivity contribution in [3.05, 3.63) is 23.5 Å². The molecule has 0 amide bonds. The highest BCUT2D eigenvalue weighted by atomic mass is 16.5. The number of piperidine rings is 1. The van der Waals surface area contributed by atoms with Crippen molar-refractivity contribution in [2.75, 3.05) is 32.1 Å². The molecule has 1 aliphatic heterocycles. The predicted molar refractivity (Wildman–Crippen MR) is 78.5 cm³/mol. The molecule has 4 heteroatoms. The van der Waals surface area contributed by atoms with Crippen LogP contribution in [0.5, 0.6) is 0 Å². The summed E-state index contributed by atoms with van der Waals surface area (Å²) in [6.07, 6.45) is 3.49. The lowest BCUT2D eigenvalue weighted by Gasteiger charge is -2.38. The number of rotatable bonds is 4. The number of hydrogen-bond acceptors (Lipinski definition) is 4. The highest BCUT2D eigenvalue weighted by Crippen LogP contribution is 2.27. The molecule has 0 bridgehead atoms. The lowest BCUT2D eigenvalue weighted by molar-refractivity contribution is 0.0498. The third kappa shape index (κ3) is 3.25. The van der Waals surface area contributed by atoms with Crippen LogP contribution in [0.4, 0.5) is 5.69 Å². The van der Waals surface area contributed by atoms with E-state index in [2.05, 4.69) is 28.2 Å². The largest absolute Gasteiger partial charge is 0.379 e. The van der Waals surface area contributed by atoms with Gasteiger partial charge >= 0.3 is 0 Å². The second-order valence-electron chi connectivity index (χ2n) is 5.47. The van der Waals surface area contributed by atoms with Crippen LogP contribution in [0.15, 0.2) is 12.3 Å². The Morgan fingerprint density at radius 2 is 2.32 bits per heavy atom. The molecule has 1 aromatic heterocycles. The molecular weight excluding hydrogens is 238 g/mol. The van der Waals surface area contributed by atoms with Gasteiger partial charge in [-0.1, -0.05) is 6.92 Å². The maximum atomic E-state index is 5.61. The van der Waals surface area contributed by atoms with Crippen molar-refractivity contribution >= 4 is 5.69 Å². The van der Waals surface area contributed by atoms with Crippen LogP contribution < -0.4 is 10.2 Å². The Labute approximate surface area is 116 Å². The third-order valence-electron chi connectivity index (χ3n) is 4.00. The minimum atomic E-state index is 0.324. The normalized spacial score (nSPS) is 23.7. The van der Waals surface area contributed by atoms with Crippen LogP contribution in [-0.2, 0) is 11.3 Å². The molecule has 19 heavy (non-hydrogen) atoms. The Bertz CT molecular complexity index is 422. The van der Waals surface area contributed by atoms with Crippen molar-refractivity contribution in [1.82, 2.24) is 10.3 Å². The van der Waals surface area contributed by atoms with E-state index in [0.29, 0.717) is 12.0 Å². The average Bonchev–Trinajstić information content (AvgIpc) is 2.42. The van der Waals surface area contributed by atoms with E-state index in [1.807, 2.05) is 27.3 Å². The molecule has 2 unspecified atom stereocenters. The monoisotopic (exact) mass is 263 g/mol. The van der Waals surface area contributed by atoms with E-state index in [1.54, 1.807) is 0 Å². The van der Waals surface area contributed by atoms with Gasteiger partial charge in [-0.3, -0.25) is 4.98 Å². The van der Waals surface area contributed by atoms with Crippen molar-refractivity contribution in [3.63, 3.8) is 0 Å². The minimum absolute atomic E-state index is 0.324. The van der Waals surface area contributed by atoms with Gasteiger partial charge in [0.2, 0.25) is 0 Å². The SMILES string of the molecule is CNCc1cnc(C)cc1N1CCC(C)C(OC)C1. The maximum absolute atomic E-state index is 5.61. The summed E-state index contributed by atoms with van der Waals surface area (Å²) in [6.45, 7) is 7.25. The van der Waals surface area contributed by atoms with Gasteiger partial charge in [0.25, 0.3) is 0 Å². The number of aromatic nitrogens is 1. The summed E-state index contributed by atoms with van der Waals surface area (Å²) in [6, 6.07) is 2.19. The summed E-state index contributed by atoms with van der Waals surface area (Å²) in [5, 5.41) is 3.22. The van der Waals surface area contributed by atoms with Crippen LogP contribution in [0.1, 0.15) is 24.6 Å². The number of methoxy groups -OCH3 is 1. The highest BCUT2D eigenvalue weighted by Gasteiger charge is 2.27. The van der Waals surface area contributed by atoms with Gasteiger partial charge in [-0.15, -0.1) is 0 Å². The summed E-state index contributed by atoms with van der Waals surface area (Å²) in [7, 11) is 3.79. The molecule has 106 valence electrons. The average molecular weight is 263 g/mol. The Morgan fingerprint density at radius 1 is 1.53 bits per heavy atom. The van der Waals surface area contributed by atoms with Crippen LogP contribution in [0.3, 0.4) is 0 Å². The molecule has 1 aliphatic rings. The van der Waals surface area contributed by atoms with E-state index in [9.17, 15) is 0 Å². The van der Waals surface area contributed by atoms with Crippen molar-refractivity contribution in [2.45, 2.75) is 32.9 Å². The number of ether oxygens (including phenoxy) is 1. The Morgan fingerprint density at radius 3 is 3.00 bits per heavy atom. The van der Waals surface area contributed by atoms with Gasteiger partial charge in [-0.25, -0.2) is 0 Å². The molecule has 1 aromatic rings. The molecule has 1 fully saturated rings. The molecule has 2 rings (SSSR count). The molecule has 0 spiro atoms. The van der Waals surface area contributed by atoms with Crippen molar-refractivity contribution < 1.29 is 4.74 Å². The van der Waals surface area contributed by atoms with Crippen LogP contribution in [0.2, 0.25) is 0 Å². The van der Waals surface area contributed by atoms with E-state index >= 15 is 0 Å². The van der Waals surface area contributed by atoms with E-state index in [-0.39, 0.29) is 0 Å². The van der Waals surface area contributed by atoms with Gasteiger partial charge in [0.05, 0.1) is 6.10 Å². The fraction of sp³-hybridized carbons (Fsp3) is 0.667. The predicted octanol–water partition coefficient (Wildman–Crippen LogP) is 1.97. The molecule has 2 heterocycles. The van der Waals surface area contributed by atoms with Gasteiger partial charge in [-0.05, 0) is 32.4 Å². The third-order valence-corrected chi connectivity index (χ3v) is 4.00. The van der Waals surface area contributed by atoms with Gasteiger partial charge in [0.15, 0.2) is 0 Å². The second-order valence-corrected chi connectivity index (χ2v) is 5.47. The quantitative estimate of drug-likeness (QED) is 0.901. The van der Waals surface area contributed by atoms with Gasteiger partial charge in [0.1, 0.15) is 0 Å². The molecule has 1 N–H and O–H groups in total. The zero-order valence-corrected chi connectivity index (χ0v) is 12.4. The fourth-order valence-corrected chi connectivity index (χ4v) is 2.75. The lowest BCUT2D eigenvalue weighted by Crippen LogP contribution is -2.44. The van der Waals surface area contributed by atoms with Crippen molar-refractivity contribution in [2.24, 2.45) is 5.92 Å². The number of anilines is 1. The van der Waals surface area contributed by atoms with Crippen LogP contribution in [0.25, 0.3) is 0 Å². The van der Waals surface area contributed by atoms with Crippen molar-refractivity contribution in [3.8, 4) is 0 Å². The number of nitrogens with one attached hydrogen (secondary N) is 1. The van der Waals surface area contributed by atoms with E-state index in [1.165, 1.54) is 17.7 Å². The Hall–Kier alpha value is -1.13. The Balaban J connectivity index is 2.22. The van der Waals surface area contributed by atoms with E-state index < -0.39 is 0 Å². The first kappa shape index (κ1) is 14.3. The number of hydrogen-bond donors (Lipinski definition) is 1. The molecule has 0 aliphatic carbocycles. The smallest absolute Gasteiger partial charge is 0.0772 e. The van der Waals surface area contributed by atoms with Gasteiger partial charge < -0.3 is 15.0 Å². The fourth-order valence-electron chi connectivity index (χ4n) is 2.75. The Kier molecular flexibility index (Phi) is 4.77. The first-order valence-electron chi connectivity index (χ1n) is 7.03. The zero-order valence-electron chi connectivity index (χ0n) is 12.4. The second kappa shape index (κ2) is 6.35. The van der Waals surface area contributed by atoms with E-state index in [0.717, 1.165) is 25.3 Å². The highest BCUT2D eigenvalue weighted by molar-refractivity contribution is 5.54. The summed E-state index contributed by atoms with van der Waals surface area (Å²) in [5.74, 6) is 0.636. The lowest BCUT2D eigenvalue weighted by atomic mass is 9.95. The van der Waals surface area contributed by atoms with Gasteiger partial charge in [-0.2, -0.15) is 0 Å². The van der Waals surface area contributed by atoms with Crippen LogP contribution >= 0.6 is 0 Å². The van der Waals surface area contributed by atoms with Crippen LogP contribution in [0, 0.1) is 12.8 Å². The summed E-state index contributed by atoms with van der Waals surface area (Å²) >= 11 is 0. The minimum Gasteiger partial charge on any atom is -0.379 e. The maximum Gasteiger partial charge on any atom is 0.0772 e. The number of aryl methyl sites for hydroxylation is 1. The molecular formula is C15H25N3O. The topological polar surface area (TPSA) is 37.4 Å². The van der Waals surface area contributed by atoms with Crippen molar-refractivity contribution in [1.29, 1.82) is 0 Å². The molecule has 2 atom stereocenters. The number of nitrogens with zero attached hydrogens (tertiary/aromatic N) is 2. The first-order chi connectivity index (χ1) is 9.15.